The molecule has 0 saturated heterocycles. The smallest absolute Gasteiger partial charge is 0.262 e. The van der Waals surface area contributed by atoms with E-state index in [1.54, 1.807) is 36.4 Å². The molecule has 0 saturated carbocycles. The fraction of sp³-hybridized carbons (Fsp3) is 0.162. The summed E-state index contributed by atoms with van der Waals surface area (Å²) in [5, 5.41) is 15.4. The van der Waals surface area contributed by atoms with Gasteiger partial charge in [0, 0.05) is 16.1 Å². The van der Waals surface area contributed by atoms with E-state index in [4.69, 9.17) is 0 Å². The van der Waals surface area contributed by atoms with Crippen molar-refractivity contribution >= 4 is 52.7 Å². The zero-order valence-corrected chi connectivity index (χ0v) is 26.6. The zero-order valence-electron chi connectivity index (χ0n) is 25.0. The van der Waals surface area contributed by atoms with E-state index in [0.717, 1.165) is 43.4 Å². The first-order chi connectivity index (χ1) is 22.0. The number of alkyl halides is 3. The van der Waals surface area contributed by atoms with Gasteiger partial charge in [-0.15, -0.1) is 8.42 Å². The molecule has 234 valence electrons. The first-order valence-electron chi connectivity index (χ1n) is 14.8. The number of hydrogen-bond acceptors (Lipinski definition) is 3. The van der Waals surface area contributed by atoms with Crippen LogP contribution in [-0.4, -0.2) is 23.3 Å². The molecule has 0 radical (unpaired) electrons. The molecule has 0 aliphatic heterocycles. The van der Waals surface area contributed by atoms with Gasteiger partial charge in [0.2, 0.25) is 0 Å². The third-order valence-electron chi connectivity index (χ3n) is 8.15. The average Bonchev–Trinajstić information content (AvgIpc) is 3.05. The summed E-state index contributed by atoms with van der Waals surface area (Å²) in [5.41, 5.74) is -2.84. The summed E-state index contributed by atoms with van der Waals surface area (Å²) in [4.78, 5) is 0.456. The molecule has 0 bridgehead atoms. The van der Waals surface area contributed by atoms with Crippen molar-refractivity contribution in [3.63, 3.8) is 0 Å². The van der Waals surface area contributed by atoms with E-state index < -0.39 is 25.9 Å². The van der Waals surface area contributed by atoms with E-state index in [1.165, 1.54) is 0 Å². The van der Waals surface area contributed by atoms with Crippen LogP contribution in [0.2, 0.25) is 0 Å². The maximum atomic E-state index is 14.0. The molecule has 6 aromatic carbocycles. The molecule has 9 heteroatoms. The molecule has 0 spiro atoms. The number of nitrogens with zero attached hydrogens (tertiary/aromatic N) is 1. The van der Waals surface area contributed by atoms with Crippen molar-refractivity contribution in [1.82, 2.24) is 0 Å². The molecular formula is C37H31F3NO3S2+. The zero-order chi connectivity index (χ0) is 32.5. The highest BCUT2D eigenvalue weighted by Crippen LogP contribution is 2.61. The Morgan fingerprint density at radius 2 is 1.39 bits per heavy atom. The Bertz CT molecular complexity index is 2220. The molecular weight excluding hydrogens is 628 g/mol. The van der Waals surface area contributed by atoms with Gasteiger partial charge in [-0.2, -0.15) is 18.4 Å². The first kappa shape index (κ1) is 31.6. The van der Waals surface area contributed by atoms with Crippen molar-refractivity contribution in [3.8, 4) is 17.2 Å². The summed E-state index contributed by atoms with van der Waals surface area (Å²) in [5.74, 6) is 0.140. The topological polar surface area (TPSA) is 70.7 Å². The van der Waals surface area contributed by atoms with Crippen LogP contribution in [0.4, 0.5) is 13.2 Å². The second-order valence-corrected chi connectivity index (χ2v) is 16.1. The highest BCUT2D eigenvalue weighted by Gasteiger charge is 2.56. The molecule has 0 amide bonds. The van der Waals surface area contributed by atoms with Gasteiger partial charge in [-0.1, -0.05) is 86.1 Å². The molecule has 0 aliphatic rings. The number of nitriles is 1. The van der Waals surface area contributed by atoms with Crippen molar-refractivity contribution in [3.05, 3.63) is 126 Å². The van der Waals surface area contributed by atoms with E-state index in [2.05, 4.69) is 27.9 Å². The van der Waals surface area contributed by atoms with Crippen LogP contribution in [0.15, 0.2) is 120 Å². The summed E-state index contributed by atoms with van der Waals surface area (Å²) >= 11 is 0. The Labute approximate surface area is 267 Å². The third-order valence-corrected chi connectivity index (χ3v) is 13.6. The minimum absolute atomic E-state index is 0.0155. The molecule has 4 nitrogen and oxygen atoms in total. The molecule has 6 aromatic rings. The molecule has 1 unspecified atom stereocenters. The van der Waals surface area contributed by atoms with Gasteiger partial charge >= 0.3 is 15.6 Å². The van der Waals surface area contributed by atoms with Crippen LogP contribution in [0.5, 0.6) is 0 Å². The van der Waals surface area contributed by atoms with Crippen LogP contribution < -0.4 is 0 Å². The third kappa shape index (κ3) is 6.08. The number of hydrogen-bond donors (Lipinski definition) is 0. The molecule has 0 aliphatic carbocycles. The number of unbranched alkanes of at least 4 members (excludes halogenated alkanes) is 1. The van der Waals surface area contributed by atoms with Crippen molar-refractivity contribution in [2.24, 2.45) is 0 Å². The van der Waals surface area contributed by atoms with Gasteiger partial charge in [-0.3, -0.25) is 3.63 Å². The van der Waals surface area contributed by atoms with E-state index in [0.29, 0.717) is 28.9 Å². The molecule has 46 heavy (non-hydrogen) atoms. The quantitative estimate of drug-likeness (QED) is 0.0672. The van der Waals surface area contributed by atoms with E-state index >= 15 is 0 Å². The number of rotatable bonds is 9. The molecule has 6 rings (SSSR count). The molecule has 1 N–H and O–H groups in total. The maximum Gasteiger partial charge on any atom is 0.572 e. The van der Waals surface area contributed by atoms with Crippen molar-refractivity contribution in [1.29, 1.82) is 5.26 Å². The summed E-state index contributed by atoms with van der Waals surface area (Å²) in [6, 6.07) is 38.2. The van der Waals surface area contributed by atoms with Crippen LogP contribution in [0.1, 0.15) is 30.9 Å². The van der Waals surface area contributed by atoms with Crippen LogP contribution >= 0.6 is 10.3 Å². The minimum Gasteiger partial charge on any atom is -0.262 e. The van der Waals surface area contributed by atoms with Gasteiger partial charge in [-0.05, 0) is 97.9 Å². The normalized spacial score (nSPS) is 14.2. The van der Waals surface area contributed by atoms with Gasteiger partial charge in [0.1, 0.15) is 0 Å². The largest absolute Gasteiger partial charge is 0.572 e. The van der Waals surface area contributed by atoms with Gasteiger partial charge in [0.25, 0.3) is 0 Å². The average molecular weight is 659 g/mol. The molecule has 0 heterocycles. The van der Waals surface area contributed by atoms with Crippen molar-refractivity contribution < 1.29 is 25.2 Å². The number of benzene rings is 6. The van der Waals surface area contributed by atoms with Crippen LogP contribution in [0.25, 0.3) is 43.4 Å². The van der Waals surface area contributed by atoms with E-state index in [9.17, 15) is 26.9 Å². The lowest BCUT2D eigenvalue weighted by atomic mass is 9.90. The Balaban J connectivity index is 1.61. The Kier molecular flexibility index (Phi) is 8.55. The summed E-state index contributed by atoms with van der Waals surface area (Å²) in [6.45, 7) is 1.91. The summed E-state index contributed by atoms with van der Waals surface area (Å²) < 4.78 is 71.3. The highest BCUT2D eigenvalue weighted by molar-refractivity contribution is 8.31. The number of halogens is 3. The minimum atomic E-state index is -5.83. The Morgan fingerprint density at radius 1 is 0.739 bits per heavy atom. The second kappa shape index (κ2) is 12.4. The predicted molar refractivity (Wildman–Crippen MR) is 182 cm³/mol. The first-order valence-corrected chi connectivity index (χ1v) is 18.2. The van der Waals surface area contributed by atoms with Gasteiger partial charge in [0.15, 0.2) is 0 Å². The van der Waals surface area contributed by atoms with E-state index in [-0.39, 0.29) is 11.5 Å². The monoisotopic (exact) mass is 658 g/mol. The Hall–Kier alpha value is -4.36. The van der Waals surface area contributed by atoms with Crippen molar-refractivity contribution in [2.75, 3.05) is 5.75 Å². The van der Waals surface area contributed by atoms with Gasteiger partial charge < -0.3 is 0 Å². The van der Waals surface area contributed by atoms with Crippen LogP contribution in [-0.2, 0) is 15.9 Å². The molecule has 0 aromatic heterocycles. The maximum absolute atomic E-state index is 14.0. The SMILES string of the molecule is CCCCS(Cc1ccc(C#N)cc1)([OH+]S(=O)(=O)C(F)(F)F)c1cccc(-c2c3ccccc3cc3cc4ccccc4cc23)c1. The molecule has 0 fully saturated rings. The summed E-state index contributed by atoms with van der Waals surface area (Å²) in [6.07, 6.45) is 1.13. The predicted octanol–water partition coefficient (Wildman–Crippen LogP) is 10.7. The summed E-state index contributed by atoms with van der Waals surface area (Å²) in [7, 11) is -8.82. The lowest BCUT2D eigenvalue weighted by Gasteiger charge is -2.35. The fourth-order valence-corrected chi connectivity index (χ4v) is 11.3. The van der Waals surface area contributed by atoms with Gasteiger partial charge in [0.05, 0.1) is 22.3 Å². The van der Waals surface area contributed by atoms with E-state index in [1.807, 2.05) is 67.6 Å². The van der Waals surface area contributed by atoms with Crippen molar-refractivity contribution in [2.45, 2.75) is 35.9 Å². The fourth-order valence-electron chi connectivity index (χ4n) is 5.90. The lowest BCUT2D eigenvalue weighted by Crippen LogP contribution is -2.32. The standard InChI is InChI=1S/C37H30F3NO3S2/c1-2-3-19-45(44-46(42,43)37(38,39)40,25-27-17-15-26(24-41)16-18-27)33-13-8-12-31(22-33)36-34-14-7-6-11-30(34)21-32-20-28-9-4-5-10-29(28)23-35(32)36/h4-18,20-23H,2-3,19,25H2,1H3/p+1. The van der Waals surface area contributed by atoms with Crippen LogP contribution in [0.3, 0.4) is 0 Å². The second-order valence-electron chi connectivity index (χ2n) is 11.3. The van der Waals surface area contributed by atoms with Crippen LogP contribution in [0, 0.1) is 11.3 Å². The van der Waals surface area contributed by atoms with Gasteiger partial charge in [-0.25, -0.2) is 0 Å². The highest BCUT2D eigenvalue weighted by atomic mass is 32.3. The number of fused-ring (bicyclic) bond motifs is 3. The lowest BCUT2D eigenvalue weighted by molar-refractivity contribution is -0.0540. The Morgan fingerprint density at radius 3 is 2.07 bits per heavy atom. The molecule has 1 atom stereocenters.